The Labute approximate surface area is 207 Å². The van der Waals surface area contributed by atoms with Crippen LogP contribution < -0.4 is 15.4 Å². The number of piperazine rings is 1. The zero-order valence-electron chi connectivity index (χ0n) is 19.9. The van der Waals surface area contributed by atoms with Gasteiger partial charge in [-0.3, -0.25) is 9.69 Å². The van der Waals surface area contributed by atoms with Gasteiger partial charge in [-0.15, -0.1) is 11.8 Å². The number of methoxy groups -OCH3 is 1. The Morgan fingerprint density at radius 3 is 2.60 bits per heavy atom. The van der Waals surface area contributed by atoms with E-state index in [1.54, 1.807) is 30.0 Å². The predicted octanol–water partition coefficient (Wildman–Crippen LogP) is 3.41. The number of halogens is 3. The fourth-order valence-electron chi connectivity index (χ4n) is 4.58. The predicted molar refractivity (Wildman–Crippen MR) is 133 cm³/mol. The lowest BCUT2D eigenvalue weighted by molar-refractivity contribution is -0.141. The first-order chi connectivity index (χ1) is 16.8. The minimum Gasteiger partial charge on any atom is -0.497 e. The Morgan fingerprint density at radius 2 is 1.94 bits per heavy atom. The number of pyridine rings is 1. The molecule has 2 aliphatic rings. The molecule has 4 rings (SSSR count). The third kappa shape index (κ3) is 6.31. The minimum absolute atomic E-state index is 0.0445. The molecule has 7 nitrogen and oxygen atoms in total. The molecule has 0 bridgehead atoms. The number of carbonyl (C=O) groups excluding carboxylic acids is 1. The van der Waals surface area contributed by atoms with E-state index in [9.17, 15) is 18.0 Å². The van der Waals surface area contributed by atoms with Gasteiger partial charge in [-0.2, -0.15) is 13.2 Å². The van der Waals surface area contributed by atoms with Crippen LogP contribution in [0.4, 0.5) is 18.9 Å². The number of thioether (sulfide) groups is 1. The highest BCUT2D eigenvalue weighted by Crippen LogP contribution is 2.36. The van der Waals surface area contributed by atoms with E-state index in [1.165, 1.54) is 7.11 Å². The monoisotopic (exact) mass is 511 g/mol. The van der Waals surface area contributed by atoms with Gasteiger partial charge in [0.1, 0.15) is 11.4 Å². The van der Waals surface area contributed by atoms with Crippen molar-refractivity contribution in [3.8, 4) is 5.75 Å². The number of nitrogens with zero attached hydrogens (tertiary/aromatic N) is 4. The molecule has 2 fully saturated rings. The van der Waals surface area contributed by atoms with Crippen LogP contribution in [0.1, 0.15) is 25.0 Å². The molecule has 192 valence electrons. The summed E-state index contributed by atoms with van der Waals surface area (Å²) in [4.78, 5) is 22.3. The molecule has 2 aromatic rings. The third-order valence-corrected chi connectivity index (χ3v) is 7.58. The maximum absolute atomic E-state index is 13.5. The van der Waals surface area contributed by atoms with Crippen LogP contribution in [0, 0.1) is 0 Å². The van der Waals surface area contributed by atoms with Gasteiger partial charge >= 0.3 is 6.18 Å². The molecular weight excluding hydrogens is 479 g/mol. The van der Waals surface area contributed by atoms with Gasteiger partial charge in [-0.25, -0.2) is 4.98 Å². The fraction of sp³-hybridized carbons (Fsp3) is 0.583. The lowest BCUT2D eigenvalue weighted by Gasteiger charge is -2.37. The molecule has 0 spiro atoms. The van der Waals surface area contributed by atoms with Crippen molar-refractivity contribution in [1.29, 1.82) is 0 Å². The molecule has 2 saturated heterocycles. The molecule has 1 amide bonds. The summed E-state index contributed by atoms with van der Waals surface area (Å²) in [6, 6.07) is 5.65. The molecule has 0 saturated carbocycles. The number of unbranched alkanes of at least 4 members (excludes halogenated alkanes) is 1. The number of ether oxygens (including phenoxy) is 1. The van der Waals surface area contributed by atoms with Gasteiger partial charge in [0.2, 0.25) is 5.91 Å². The molecule has 11 heteroatoms. The fourth-order valence-corrected chi connectivity index (χ4v) is 5.53. The van der Waals surface area contributed by atoms with Gasteiger partial charge < -0.3 is 20.3 Å². The van der Waals surface area contributed by atoms with Crippen LogP contribution in [-0.2, 0) is 11.0 Å². The summed E-state index contributed by atoms with van der Waals surface area (Å²) in [5, 5.41) is 0.654. The SMILES string of the molecule is COc1ccc2nc(C(F)(F)F)cc(N3CCN(CCCC[C@H](N)C(=O)N4CCSC4)CC3)c2c1. The maximum Gasteiger partial charge on any atom is 0.433 e. The van der Waals surface area contributed by atoms with Crippen molar-refractivity contribution < 1.29 is 22.7 Å². The number of anilines is 1. The molecule has 1 atom stereocenters. The molecule has 2 aliphatic heterocycles. The average Bonchev–Trinajstić information content (AvgIpc) is 3.40. The van der Waals surface area contributed by atoms with Crippen molar-refractivity contribution in [2.24, 2.45) is 5.73 Å². The van der Waals surface area contributed by atoms with Crippen molar-refractivity contribution in [3.63, 3.8) is 0 Å². The highest BCUT2D eigenvalue weighted by atomic mass is 32.2. The van der Waals surface area contributed by atoms with Crippen molar-refractivity contribution in [1.82, 2.24) is 14.8 Å². The van der Waals surface area contributed by atoms with Gasteiger partial charge in [-0.1, -0.05) is 6.42 Å². The first kappa shape index (κ1) is 25.8. The number of amides is 1. The van der Waals surface area contributed by atoms with E-state index in [-0.39, 0.29) is 5.91 Å². The van der Waals surface area contributed by atoms with E-state index in [4.69, 9.17) is 10.5 Å². The largest absolute Gasteiger partial charge is 0.497 e. The summed E-state index contributed by atoms with van der Waals surface area (Å²) >= 11 is 1.75. The number of hydrogen-bond donors (Lipinski definition) is 1. The van der Waals surface area contributed by atoms with E-state index < -0.39 is 17.9 Å². The molecular formula is C24H32F3N5O2S. The van der Waals surface area contributed by atoms with Crippen molar-refractivity contribution in [2.45, 2.75) is 31.5 Å². The zero-order valence-corrected chi connectivity index (χ0v) is 20.7. The molecule has 3 heterocycles. The van der Waals surface area contributed by atoms with Crippen LogP contribution in [-0.4, -0.2) is 84.7 Å². The maximum atomic E-state index is 13.5. The molecule has 2 N–H and O–H groups in total. The van der Waals surface area contributed by atoms with Crippen LogP contribution in [0.2, 0.25) is 0 Å². The quantitative estimate of drug-likeness (QED) is 0.545. The Hall–Kier alpha value is -2.24. The minimum atomic E-state index is -4.51. The molecule has 0 unspecified atom stereocenters. The highest BCUT2D eigenvalue weighted by Gasteiger charge is 2.34. The number of benzene rings is 1. The highest BCUT2D eigenvalue weighted by molar-refractivity contribution is 7.99. The van der Waals surface area contributed by atoms with E-state index in [0.29, 0.717) is 41.9 Å². The first-order valence-electron chi connectivity index (χ1n) is 11.9. The number of aromatic nitrogens is 1. The second-order valence-electron chi connectivity index (χ2n) is 8.98. The van der Waals surface area contributed by atoms with Crippen molar-refractivity contribution in [2.75, 3.05) is 62.9 Å². The number of rotatable bonds is 8. The lowest BCUT2D eigenvalue weighted by Crippen LogP contribution is -2.47. The number of fused-ring (bicyclic) bond motifs is 1. The summed E-state index contributed by atoms with van der Waals surface area (Å²) in [6.07, 6.45) is -2.03. The Kier molecular flexibility index (Phi) is 8.28. The number of alkyl halides is 3. The average molecular weight is 512 g/mol. The van der Waals surface area contributed by atoms with Gasteiger partial charge in [0.25, 0.3) is 0 Å². The molecule has 1 aromatic heterocycles. The summed E-state index contributed by atoms with van der Waals surface area (Å²) in [7, 11) is 1.53. The molecule has 0 aliphatic carbocycles. The Balaban J connectivity index is 1.32. The number of nitrogens with two attached hydrogens (primary N) is 1. The Bertz CT molecular complexity index is 1020. The van der Waals surface area contributed by atoms with Crippen LogP contribution >= 0.6 is 11.8 Å². The summed E-state index contributed by atoms with van der Waals surface area (Å²) in [5.41, 5.74) is 6.04. The van der Waals surface area contributed by atoms with Crippen LogP contribution in [0.3, 0.4) is 0 Å². The van der Waals surface area contributed by atoms with Crippen LogP contribution in [0.25, 0.3) is 10.9 Å². The van der Waals surface area contributed by atoms with Gasteiger partial charge in [0.15, 0.2) is 0 Å². The van der Waals surface area contributed by atoms with Gasteiger partial charge in [-0.05, 0) is 43.7 Å². The Morgan fingerprint density at radius 1 is 1.17 bits per heavy atom. The topological polar surface area (TPSA) is 74.9 Å². The van der Waals surface area contributed by atoms with Crippen LogP contribution in [0.15, 0.2) is 24.3 Å². The normalized spacial score (nSPS) is 18.3. The van der Waals surface area contributed by atoms with E-state index in [0.717, 1.165) is 56.7 Å². The van der Waals surface area contributed by atoms with Crippen LogP contribution in [0.5, 0.6) is 5.75 Å². The number of hydrogen-bond acceptors (Lipinski definition) is 7. The van der Waals surface area contributed by atoms with E-state index in [2.05, 4.69) is 9.88 Å². The lowest BCUT2D eigenvalue weighted by atomic mass is 10.1. The summed E-state index contributed by atoms with van der Waals surface area (Å²) in [6.45, 7) is 4.42. The van der Waals surface area contributed by atoms with Crippen molar-refractivity contribution in [3.05, 3.63) is 30.0 Å². The van der Waals surface area contributed by atoms with Crippen molar-refractivity contribution >= 4 is 34.3 Å². The van der Waals surface area contributed by atoms with E-state index >= 15 is 0 Å². The number of carbonyl (C=O) groups is 1. The standard InChI is InChI=1S/C24H32F3N5O2S/c1-34-17-5-6-20-18(14-17)21(15-22(29-20)24(25,26)27)31-10-8-30(9-11-31)7-3-2-4-19(28)23(33)32-12-13-35-16-32/h5-6,14-15,19H,2-4,7-13,16,28H2,1H3/t19-/m0/s1. The van der Waals surface area contributed by atoms with E-state index in [1.807, 2.05) is 9.80 Å². The van der Waals surface area contributed by atoms with Gasteiger partial charge in [0, 0.05) is 49.6 Å². The second kappa shape index (κ2) is 11.2. The summed E-state index contributed by atoms with van der Waals surface area (Å²) in [5.74, 6) is 2.34. The molecule has 0 radical (unpaired) electrons. The molecule has 1 aromatic carbocycles. The molecule has 35 heavy (non-hydrogen) atoms. The third-order valence-electron chi connectivity index (χ3n) is 6.62. The second-order valence-corrected chi connectivity index (χ2v) is 10.1. The zero-order chi connectivity index (χ0) is 25.0. The van der Waals surface area contributed by atoms with Gasteiger partial charge in [0.05, 0.1) is 24.5 Å². The first-order valence-corrected chi connectivity index (χ1v) is 13.1. The smallest absolute Gasteiger partial charge is 0.433 e. The summed E-state index contributed by atoms with van der Waals surface area (Å²) < 4.78 is 45.8.